The Hall–Kier alpha value is -1.94. The SMILES string of the molecule is O=C(CCl)Nc1ccc(-c2cncnc2)cc1. The number of hydrogen-bond donors (Lipinski definition) is 1. The van der Waals surface area contributed by atoms with Gasteiger partial charge in [-0.25, -0.2) is 9.97 Å². The van der Waals surface area contributed by atoms with Crippen molar-refractivity contribution in [2.24, 2.45) is 0 Å². The van der Waals surface area contributed by atoms with Crippen molar-refractivity contribution in [3.63, 3.8) is 0 Å². The summed E-state index contributed by atoms with van der Waals surface area (Å²) in [4.78, 5) is 19.0. The Kier molecular flexibility index (Phi) is 3.67. The van der Waals surface area contributed by atoms with Crippen LogP contribution in [-0.4, -0.2) is 21.8 Å². The number of carbonyl (C=O) groups excluding carboxylic acids is 1. The van der Waals surface area contributed by atoms with Crippen LogP contribution in [0, 0.1) is 0 Å². The van der Waals surface area contributed by atoms with Crippen molar-refractivity contribution >= 4 is 23.2 Å². The average molecular weight is 248 g/mol. The largest absolute Gasteiger partial charge is 0.325 e. The number of halogens is 1. The second-order valence-corrected chi connectivity index (χ2v) is 3.65. The smallest absolute Gasteiger partial charge is 0.239 e. The Morgan fingerprint density at radius 2 is 1.76 bits per heavy atom. The molecule has 1 amide bonds. The molecule has 0 aliphatic rings. The molecule has 0 atom stereocenters. The minimum atomic E-state index is -0.220. The molecule has 2 aromatic rings. The van der Waals surface area contributed by atoms with Crippen LogP contribution in [0.1, 0.15) is 0 Å². The highest BCUT2D eigenvalue weighted by Crippen LogP contribution is 2.19. The molecule has 1 heterocycles. The topological polar surface area (TPSA) is 54.9 Å². The third kappa shape index (κ3) is 3.01. The van der Waals surface area contributed by atoms with Gasteiger partial charge >= 0.3 is 0 Å². The molecule has 86 valence electrons. The van der Waals surface area contributed by atoms with E-state index in [1.54, 1.807) is 12.4 Å². The van der Waals surface area contributed by atoms with Crippen LogP contribution < -0.4 is 5.32 Å². The van der Waals surface area contributed by atoms with Gasteiger partial charge in [-0.2, -0.15) is 0 Å². The predicted molar refractivity (Wildman–Crippen MR) is 66.8 cm³/mol. The Bertz CT molecular complexity index is 499. The van der Waals surface area contributed by atoms with E-state index in [2.05, 4.69) is 15.3 Å². The van der Waals surface area contributed by atoms with Gasteiger partial charge in [0, 0.05) is 23.6 Å². The van der Waals surface area contributed by atoms with E-state index in [4.69, 9.17) is 11.6 Å². The van der Waals surface area contributed by atoms with Crippen molar-refractivity contribution < 1.29 is 4.79 Å². The molecule has 0 aliphatic heterocycles. The minimum Gasteiger partial charge on any atom is -0.325 e. The molecule has 0 saturated heterocycles. The van der Waals surface area contributed by atoms with Crippen LogP contribution >= 0.6 is 11.6 Å². The van der Waals surface area contributed by atoms with Gasteiger partial charge in [-0.05, 0) is 17.7 Å². The van der Waals surface area contributed by atoms with Gasteiger partial charge in [-0.15, -0.1) is 11.6 Å². The van der Waals surface area contributed by atoms with Crippen molar-refractivity contribution in [3.8, 4) is 11.1 Å². The molecule has 1 aromatic heterocycles. The summed E-state index contributed by atoms with van der Waals surface area (Å²) in [6.45, 7) is 0. The van der Waals surface area contributed by atoms with Crippen LogP contribution in [0.5, 0.6) is 0 Å². The lowest BCUT2D eigenvalue weighted by Crippen LogP contribution is -2.12. The van der Waals surface area contributed by atoms with Crippen LogP contribution in [0.2, 0.25) is 0 Å². The van der Waals surface area contributed by atoms with Gasteiger partial charge in [0.05, 0.1) is 0 Å². The quantitative estimate of drug-likeness (QED) is 0.847. The fraction of sp³-hybridized carbons (Fsp3) is 0.0833. The summed E-state index contributed by atoms with van der Waals surface area (Å²) >= 11 is 5.40. The van der Waals surface area contributed by atoms with E-state index in [-0.39, 0.29) is 11.8 Å². The first-order valence-corrected chi connectivity index (χ1v) is 5.54. The lowest BCUT2D eigenvalue weighted by molar-refractivity contribution is -0.113. The minimum absolute atomic E-state index is 0.0473. The fourth-order valence-corrected chi connectivity index (χ4v) is 1.46. The molecule has 0 aliphatic carbocycles. The first-order valence-electron chi connectivity index (χ1n) is 5.01. The van der Waals surface area contributed by atoms with Gasteiger partial charge in [0.25, 0.3) is 0 Å². The molecule has 0 bridgehead atoms. The van der Waals surface area contributed by atoms with Crippen LogP contribution in [-0.2, 0) is 4.79 Å². The number of alkyl halides is 1. The van der Waals surface area contributed by atoms with Gasteiger partial charge in [0.2, 0.25) is 5.91 Å². The van der Waals surface area contributed by atoms with E-state index in [1.807, 2.05) is 24.3 Å². The van der Waals surface area contributed by atoms with Crippen molar-refractivity contribution in [2.75, 3.05) is 11.2 Å². The summed E-state index contributed by atoms with van der Waals surface area (Å²) in [5, 5.41) is 2.67. The Labute approximate surface area is 104 Å². The third-order valence-corrected chi connectivity index (χ3v) is 2.43. The molecule has 4 nitrogen and oxygen atoms in total. The second-order valence-electron chi connectivity index (χ2n) is 3.39. The van der Waals surface area contributed by atoms with Crippen LogP contribution in [0.3, 0.4) is 0 Å². The summed E-state index contributed by atoms with van der Waals surface area (Å²) in [5.74, 6) is -0.267. The standard InChI is InChI=1S/C12H10ClN3O/c13-5-12(17)16-11-3-1-9(2-4-11)10-6-14-8-15-7-10/h1-4,6-8H,5H2,(H,16,17). The summed E-state index contributed by atoms with van der Waals surface area (Å²) < 4.78 is 0. The normalized spacial score (nSPS) is 9.94. The van der Waals surface area contributed by atoms with Gasteiger partial charge in [0.1, 0.15) is 12.2 Å². The number of nitrogens with one attached hydrogen (secondary N) is 1. The van der Waals surface area contributed by atoms with E-state index >= 15 is 0 Å². The zero-order valence-electron chi connectivity index (χ0n) is 8.93. The molecule has 0 unspecified atom stereocenters. The Balaban J connectivity index is 2.16. The number of nitrogens with zero attached hydrogens (tertiary/aromatic N) is 2. The molecule has 17 heavy (non-hydrogen) atoms. The molecule has 2 rings (SSSR count). The Morgan fingerprint density at radius 3 is 2.35 bits per heavy atom. The predicted octanol–water partition coefficient (Wildman–Crippen LogP) is 2.32. The lowest BCUT2D eigenvalue weighted by Gasteiger charge is -2.04. The van der Waals surface area contributed by atoms with Gasteiger partial charge < -0.3 is 5.32 Å². The van der Waals surface area contributed by atoms with E-state index in [9.17, 15) is 4.79 Å². The van der Waals surface area contributed by atoms with Crippen LogP contribution in [0.25, 0.3) is 11.1 Å². The van der Waals surface area contributed by atoms with Gasteiger partial charge in [0.15, 0.2) is 0 Å². The first-order chi connectivity index (χ1) is 8.29. The second kappa shape index (κ2) is 5.41. The zero-order valence-corrected chi connectivity index (χ0v) is 9.69. The molecule has 5 heteroatoms. The number of amides is 1. The molecule has 0 fully saturated rings. The maximum Gasteiger partial charge on any atom is 0.239 e. The maximum atomic E-state index is 11.1. The van der Waals surface area contributed by atoms with E-state index in [1.165, 1.54) is 6.33 Å². The third-order valence-electron chi connectivity index (χ3n) is 2.18. The zero-order chi connectivity index (χ0) is 12.1. The van der Waals surface area contributed by atoms with Crippen molar-refractivity contribution in [1.29, 1.82) is 0 Å². The van der Waals surface area contributed by atoms with E-state index < -0.39 is 0 Å². The number of rotatable bonds is 3. The first kappa shape index (κ1) is 11.5. The molecule has 0 saturated carbocycles. The highest BCUT2D eigenvalue weighted by molar-refractivity contribution is 6.29. The summed E-state index contributed by atoms with van der Waals surface area (Å²) in [7, 11) is 0. The summed E-state index contributed by atoms with van der Waals surface area (Å²) in [6, 6.07) is 7.41. The number of benzene rings is 1. The van der Waals surface area contributed by atoms with E-state index in [0.29, 0.717) is 0 Å². The number of anilines is 1. The van der Waals surface area contributed by atoms with Crippen molar-refractivity contribution in [2.45, 2.75) is 0 Å². The summed E-state index contributed by atoms with van der Waals surface area (Å²) in [5.41, 5.74) is 2.65. The van der Waals surface area contributed by atoms with E-state index in [0.717, 1.165) is 16.8 Å². The number of carbonyl (C=O) groups is 1. The van der Waals surface area contributed by atoms with Gasteiger partial charge in [-0.1, -0.05) is 12.1 Å². The molecule has 0 radical (unpaired) electrons. The lowest BCUT2D eigenvalue weighted by atomic mass is 10.1. The van der Waals surface area contributed by atoms with Gasteiger partial charge in [-0.3, -0.25) is 4.79 Å². The van der Waals surface area contributed by atoms with Crippen LogP contribution in [0.15, 0.2) is 43.0 Å². The number of hydrogen-bond acceptors (Lipinski definition) is 3. The molecule has 1 N–H and O–H groups in total. The molecular formula is C12H10ClN3O. The highest BCUT2D eigenvalue weighted by atomic mass is 35.5. The van der Waals surface area contributed by atoms with Crippen molar-refractivity contribution in [3.05, 3.63) is 43.0 Å². The molecule has 0 spiro atoms. The number of aromatic nitrogens is 2. The maximum absolute atomic E-state index is 11.1. The molecule has 1 aromatic carbocycles. The fourth-order valence-electron chi connectivity index (χ4n) is 1.39. The average Bonchev–Trinajstić information content (AvgIpc) is 2.40. The monoisotopic (exact) mass is 247 g/mol. The van der Waals surface area contributed by atoms with Crippen LogP contribution in [0.4, 0.5) is 5.69 Å². The Morgan fingerprint density at radius 1 is 1.12 bits per heavy atom. The molecular weight excluding hydrogens is 238 g/mol. The van der Waals surface area contributed by atoms with Crippen molar-refractivity contribution in [1.82, 2.24) is 9.97 Å². The summed E-state index contributed by atoms with van der Waals surface area (Å²) in [6.07, 6.45) is 4.96. The highest BCUT2D eigenvalue weighted by Gasteiger charge is 2.01.